The maximum absolute atomic E-state index is 9.31. The minimum Gasteiger partial charge on any atom is -0.394 e. The standard InChI is InChI=1S/C11H16ClN5O2/c12-8-13-9(16-11(7-18)1-2-11)15-10(14-8)17-3-5-19-6-4-17/h18H,1-7H2,(H,13,14,15,16). The molecule has 0 radical (unpaired) electrons. The molecule has 0 bridgehead atoms. The first-order valence-corrected chi connectivity index (χ1v) is 6.72. The van der Waals surface area contributed by atoms with Crippen molar-refractivity contribution in [2.45, 2.75) is 18.4 Å². The highest BCUT2D eigenvalue weighted by atomic mass is 35.5. The van der Waals surface area contributed by atoms with E-state index in [2.05, 4.69) is 20.3 Å². The summed E-state index contributed by atoms with van der Waals surface area (Å²) in [6.07, 6.45) is 1.83. The molecule has 7 nitrogen and oxygen atoms in total. The second-order valence-corrected chi connectivity index (χ2v) is 5.23. The number of hydrogen-bond acceptors (Lipinski definition) is 7. The van der Waals surface area contributed by atoms with Gasteiger partial charge in [0.1, 0.15) is 0 Å². The summed E-state index contributed by atoms with van der Waals surface area (Å²) in [6, 6.07) is 0. The highest BCUT2D eigenvalue weighted by Crippen LogP contribution is 2.37. The van der Waals surface area contributed by atoms with Gasteiger partial charge < -0.3 is 20.1 Å². The number of aliphatic hydroxyl groups excluding tert-OH is 1. The van der Waals surface area contributed by atoms with Crippen LogP contribution in [0.5, 0.6) is 0 Å². The zero-order chi connectivity index (χ0) is 13.3. The van der Waals surface area contributed by atoms with Crippen LogP contribution in [0, 0.1) is 0 Å². The van der Waals surface area contributed by atoms with Gasteiger partial charge in [-0.3, -0.25) is 0 Å². The molecule has 2 N–H and O–H groups in total. The third-order valence-corrected chi connectivity index (χ3v) is 3.59. The summed E-state index contributed by atoms with van der Waals surface area (Å²) in [6.45, 7) is 2.87. The van der Waals surface area contributed by atoms with Crippen LogP contribution in [-0.4, -0.2) is 58.5 Å². The quantitative estimate of drug-likeness (QED) is 0.823. The number of halogens is 1. The van der Waals surface area contributed by atoms with E-state index >= 15 is 0 Å². The molecule has 1 aliphatic carbocycles. The molecule has 1 saturated heterocycles. The molecule has 0 amide bonds. The van der Waals surface area contributed by atoms with E-state index in [1.54, 1.807) is 0 Å². The average Bonchev–Trinajstić information content (AvgIpc) is 3.19. The summed E-state index contributed by atoms with van der Waals surface area (Å²) < 4.78 is 5.30. The zero-order valence-corrected chi connectivity index (χ0v) is 11.2. The van der Waals surface area contributed by atoms with E-state index in [0.717, 1.165) is 25.9 Å². The summed E-state index contributed by atoms with van der Waals surface area (Å²) in [5.74, 6) is 0.979. The van der Waals surface area contributed by atoms with Gasteiger partial charge in [-0.25, -0.2) is 0 Å². The molecule has 2 heterocycles. The Morgan fingerprint density at radius 2 is 2.00 bits per heavy atom. The van der Waals surface area contributed by atoms with Gasteiger partial charge in [-0.1, -0.05) is 0 Å². The lowest BCUT2D eigenvalue weighted by molar-refractivity contribution is 0.122. The number of aliphatic hydroxyl groups is 1. The maximum atomic E-state index is 9.31. The fourth-order valence-electron chi connectivity index (χ4n) is 2.01. The predicted molar refractivity (Wildman–Crippen MR) is 70.5 cm³/mol. The van der Waals surface area contributed by atoms with Crippen LogP contribution in [0.25, 0.3) is 0 Å². The molecular weight excluding hydrogens is 270 g/mol. The minimum absolute atomic E-state index is 0.0726. The third-order valence-electron chi connectivity index (χ3n) is 3.42. The molecule has 0 atom stereocenters. The van der Waals surface area contributed by atoms with Crippen molar-refractivity contribution in [1.82, 2.24) is 15.0 Å². The molecule has 1 saturated carbocycles. The van der Waals surface area contributed by atoms with Crippen molar-refractivity contribution < 1.29 is 9.84 Å². The number of nitrogens with zero attached hydrogens (tertiary/aromatic N) is 4. The van der Waals surface area contributed by atoms with Gasteiger partial charge in [0, 0.05) is 13.1 Å². The van der Waals surface area contributed by atoms with Gasteiger partial charge in [0.25, 0.3) is 0 Å². The Hall–Kier alpha value is -1.18. The van der Waals surface area contributed by atoms with E-state index in [0.29, 0.717) is 25.1 Å². The number of hydrogen-bond donors (Lipinski definition) is 2. The fourth-order valence-corrected chi connectivity index (χ4v) is 2.17. The molecule has 1 aromatic heterocycles. The van der Waals surface area contributed by atoms with Crippen LogP contribution in [0.4, 0.5) is 11.9 Å². The molecule has 1 aliphatic heterocycles. The van der Waals surface area contributed by atoms with Crippen molar-refractivity contribution in [3.63, 3.8) is 0 Å². The van der Waals surface area contributed by atoms with Crippen molar-refractivity contribution >= 4 is 23.5 Å². The molecule has 1 aromatic rings. The lowest BCUT2D eigenvalue weighted by Crippen LogP contribution is -2.37. The normalized spacial score (nSPS) is 21.3. The first-order valence-electron chi connectivity index (χ1n) is 6.34. The Balaban J connectivity index is 1.79. The number of aromatic nitrogens is 3. The van der Waals surface area contributed by atoms with Crippen LogP contribution in [0.1, 0.15) is 12.8 Å². The number of ether oxygens (including phenoxy) is 1. The Kier molecular flexibility index (Phi) is 3.42. The van der Waals surface area contributed by atoms with Crippen LogP contribution < -0.4 is 10.2 Å². The van der Waals surface area contributed by atoms with Gasteiger partial charge in [0.2, 0.25) is 17.2 Å². The Morgan fingerprint density at radius 1 is 1.26 bits per heavy atom. The first kappa shape index (κ1) is 12.8. The third kappa shape index (κ3) is 2.88. The Morgan fingerprint density at radius 3 is 2.63 bits per heavy atom. The Bertz CT molecular complexity index is 462. The summed E-state index contributed by atoms with van der Waals surface area (Å²) in [5.41, 5.74) is -0.271. The molecule has 0 aromatic carbocycles. The Labute approximate surface area is 116 Å². The molecule has 104 valence electrons. The van der Waals surface area contributed by atoms with Crippen molar-refractivity contribution in [1.29, 1.82) is 0 Å². The lowest BCUT2D eigenvalue weighted by atomic mass is 10.3. The second-order valence-electron chi connectivity index (χ2n) is 4.89. The number of morpholine rings is 1. The zero-order valence-electron chi connectivity index (χ0n) is 10.5. The van der Waals surface area contributed by atoms with E-state index in [1.165, 1.54) is 0 Å². The molecular formula is C11H16ClN5O2. The van der Waals surface area contributed by atoms with Crippen LogP contribution in [-0.2, 0) is 4.74 Å². The van der Waals surface area contributed by atoms with E-state index in [9.17, 15) is 5.11 Å². The van der Waals surface area contributed by atoms with Crippen molar-refractivity contribution in [3.05, 3.63) is 5.28 Å². The van der Waals surface area contributed by atoms with Crippen LogP contribution in [0.2, 0.25) is 5.28 Å². The van der Waals surface area contributed by atoms with Gasteiger partial charge in [-0.2, -0.15) is 15.0 Å². The minimum atomic E-state index is -0.271. The SMILES string of the molecule is OCC1(Nc2nc(Cl)nc(N3CCOCC3)n2)CC1. The summed E-state index contributed by atoms with van der Waals surface area (Å²) >= 11 is 5.94. The maximum Gasteiger partial charge on any atom is 0.231 e. The molecule has 19 heavy (non-hydrogen) atoms. The predicted octanol–water partition coefficient (Wildman–Crippen LogP) is 0.298. The monoisotopic (exact) mass is 285 g/mol. The van der Waals surface area contributed by atoms with E-state index in [-0.39, 0.29) is 17.4 Å². The number of rotatable bonds is 4. The van der Waals surface area contributed by atoms with Crippen molar-refractivity contribution in [2.75, 3.05) is 43.1 Å². The van der Waals surface area contributed by atoms with Gasteiger partial charge in [-0.05, 0) is 24.4 Å². The van der Waals surface area contributed by atoms with Gasteiger partial charge in [-0.15, -0.1) is 0 Å². The highest BCUT2D eigenvalue weighted by molar-refractivity contribution is 6.28. The van der Waals surface area contributed by atoms with Crippen LogP contribution >= 0.6 is 11.6 Å². The first-order chi connectivity index (χ1) is 9.21. The van der Waals surface area contributed by atoms with Crippen LogP contribution in [0.3, 0.4) is 0 Å². The fraction of sp³-hybridized carbons (Fsp3) is 0.727. The van der Waals surface area contributed by atoms with Crippen LogP contribution in [0.15, 0.2) is 0 Å². The number of nitrogens with one attached hydrogen (secondary N) is 1. The van der Waals surface area contributed by atoms with Crippen molar-refractivity contribution in [2.24, 2.45) is 0 Å². The summed E-state index contributed by atoms with van der Waals surface area (Å²) in [5, 5.41) is 12.6. The molecule has 0 unspecified atom stereocenters. The molecule has 0 spiro atoms. The van der Waals surface area contributed by atoms with Crippen molar-refractivity contribution in [3.8, 4) is 0 Å². The number of anilines is 2. The molecule has 8 heteroatoms. The summed E-state index contributed by atoms with van der Waals surface area (Å²) in [7, 11) is 0. The highest BCUT2D eigenvalue weighted by Gasteiger charge is 2.42. The largest absolute Gasteiger partial charge is 0.394 e. The summed E-state index contributed by atoms with van der Waals surface area (Å²) in [4.78, 5) is 14.6. The molecule has 3 rings (SSSR count). The van der Waals surface area contributed by atoms with E-state index in [4.69, 9.17) is 16.3 Å². The lowest BCUT2D eigenvalue weighted by Gasteiger charge is -2.27. The smallest absolute Gasteiger partial charge is 0.231 e. The van der Waals surface area contributed by atoms with E-state index in [1.807, 2.05) is 4.90 Å². The second kappa shape index (κ2) is 5.07. The van der Waals surface area contributed by atoms with Gasteiger partial charge in [0.15, 0.2) is 0 Å². The topological polar surface area (TPSA) is 83.4 Å². The van der Waals surface area contributed by atoms with Gasteiger partial charge in [0.05, 0.1) is 25.4 Å². The molecule has 2 aliphatic rings. The van der Waals surface area contributed by atoms with Gasteiger partial charge >= 0.3 is 0 Å². The average molecular weight is 286 g/mol. The van der Waals surface area contributed by atoms with E-state index < -0.39 is 0 Å². The molecule has 2 fully saturated rings.